The van der Waals surface area contributed by atoms with Gasteiger partial charge in [-0.3, -0.25) is 13.9 Å². The zero-order valence-corrected chi connectivity index (χ0v) is 28.3. The first-order chi connectivity index (χ1) is 22.1. The summed E-state index contributed by atoms with van der Waals surface area (Å²) in [6.07, 6.45) is 3.93. The number of amides is 2. The van der Waals surface area contributed by atoms with Crippen molar-refractivity contribution in [1.82, 2.24) is 10.2 Å². The minimum atomic E-state index is -4.18. The molecule has 1 saturated carbocycles. The number of halogens is 1. The second-order valence-electron chi connectivity index (χ2n) is 11.5. The number of carbonyl (C=O) groups is 2. The van der Waals surface area contributed by atoms with Crippen LogP contribution in [0.5, 0.6) is 11.5 Å². The van der Waals surface area contributed by atoms with E-state index in [1.165, 1.54) is 17.0 Å². The highest BCUT2D eigenvalue weighted by atomic mass is 79.9. The topological polar surface area (TPSA) is 96.0 Å². The number of carbonyl (C=O) groups excluding carboxylic acids is 2. The molecule has 240 valence electrons. The molecule has 0 unspecified atom stereocenters. The van der Waals surface area contributed by atoms with E-state index in [0.29, 0.717) is 17.2 Å². The van der Waals surface area contributed by atoms with E-state index in [9.17, 15) is 18.0 Å². The molecule has 46 heavy (non-hydrogen) atoms. The molecule has 2 amide bonds. The number of hydrogen-bond donors (Lipinski definition) is 1. The summed E-state index contributed by atoms with van der Waals surface area (Å²) in [6.45, 7) is 3.19. The van der Waals surface area contributed by atoms with Crippen LogP contribution < -0.4 is 14.4 Å². The molecule has 0 saturated heterocycles. The first-order valence-electron chi connectivity index (χ1n) is 15.4. The molecule has 5 rings (SSSR count). The van der Waals surface area contributed by atoms with Crippen molar-refractivity contribution in [2.24, 2.45) is 0 Å². The summed E-state index contributed by atoms with van der Waals surface area (Å²) in [7, 11) is -4.18. The first-order valence-corrected chi connectivity index (χ1v) is 17.6. The highest BCUT2D eigenvalue weighted by Crippen LogP contribution is 2.29. The lowest BCUT2D eigenvalue weighted by Crippen LogP contribution is -2.52. The minimum absolute atomic E-state index is 0.0574. The van der Waals surface area contributed by atoms with Crippen molar-refractivity contribution in [2.45, 2.75) is 63.1 Å². The van der Waals surface area contributed by atoms with E-state index in [1.807, 2.05) is 61.5 Å². The number of sulfonamides is 1. The average molecular weight is 705 g/mol. The zero-order chi connectivity index (χ0) is 32.7. The Morgan fingerprint density at radius 3 is 2.11 bits per heavy atom. The third-order valence-corrected chi connectivity index (χ3v) is 10.4. The maximum Gasteiger partial charge on any atom is 0.264 e. The monoisotopic (exact) mass is 703 g/mol. The van der Waals surface area contributed by atoms with Gasteiger partial charge in [0.15, 0.2) is 0 Å². The second-order valence-corrected chi connectivity index (χ2v) is 14.3. The molecule has 1 atom stereocenters. The number of rotatable bonds is 12. The maximum atomic E-state index is 14.2. The molecule has 4 aromatic carbocycles. The Labute approximate surface area is 279 Å². The molecule has 10 heteroatoms. The van der Waals surface area contributed by atoms with Crippen molar-refractivity contribution in [1.29, 1.82) is 0 Å². The summed E-state index contributed by atoms with van der Waals surface area (Å²) in [6, 6.07) is 29.1. The summed E-state index contributed by atoms with van der Waals surface area (Å²) in [5, 5.41) is 3.10. The molecule has 0 heterocycles. The summed E-state index contributed by atoms with van der Waals surface area (Å²) >= 11 is 3.45. The van der Waals surface area contributed by atoms with Crippen LogP contribution in [0.3, 0.4) is 0 Å². The lowest BCUT2D eigenvalue weighted by molar-refractivity contribution is -0.139. The van der Waals surface area contributed by atoms with E-state index in [0.717, 1.165) is 45.6 Å². The number of aryl methyl sites for hydroxylation is 1. The molecule has 0 bridgehead atoms. The van der Waals surface area contributed by atoms with Gasteiger partial charge >= 0.3 is 0 Å². The van der Waals surface area contributed by atoms with Crippen molar-refractivity contribution in [3.8, 4) is 11.5 Å². The van der Waals surface area contributed by atoms with Crippen LogP contribution in [-0.4, -0.2) is 43.8 Å². The number of nitrogens with one attached hydrogen (secondary N) is 1. The third kappa shape index (κ3) is 8.35. The third-order valence-electron chi connectivity index (χ3n) is 8.13. The van der Waals surface area contributed by atoms with Crippen LogP contribution in [0.4, 0.5) is 5.69 Å². The summed E-state index contributed by atoms with van der Waals surface area (Å²) in [4.78, 5) is 29.2. The van der Waals surface area contributed by atoms with Crippen LogP contribution in [0.1, 0.15) is 43.7 Å². The van der Waals surface area contributed by atoms with Gasteiger partial charge in [-0.15, -0.1) is 0 Å². The van der Waals surface area contributed by atoms with E-state index < -0.39 is 28.5 Å². The maximum absolute atomic E-state index is 14.2. The molecule has 1 fully saturated rings. The van der Waals surface area contributed by atoms with Gasteiger partial charge in [-0.1, -0.05) is 76.8 Å². The highest BCUT2D eigenvalue weighted by Gasteiger charge is 2.33. The highest BCUT2D eigenvalue weighted by molar-refractivity contribution is 9.10. The normalized spacial score (nSPS) is 14.0. The SMILES string of the molecule is Cc1ccc(S(=O)(=O)N(CC(=O)N(Cc2ccc(Br)cc2)[C@H](C)C(=O)NC2CCCC2)c2ccc(Oc3ccccc3)cc2)cc1. The molecule has 8 nitrogen and oxygen atoms in total. The largest absolute Gasteiger partial charge is 0.457 e. The van der Waals surface area contributed by atoms with Crippen molar-refractivity contribution in [3.63, 3.8) is 0 Å². The molecule has 0 aromatic heterocycles. The van der Waals surface area contributed by atoms with E-state index in [1.54, 1.807) is 43.3 Å². The van der Waals surface area contributed by atoms with Crippen LogP contribution in [0.15, 0.2) is 112 Å². The van der Waals surface area contributed by atoms with E-state index >= 15 is 0 Å². The Balaban J connectivity index is 1.46. The van der Waals surface area contributed by atoms with Crippen molar-refractivity contribution >= 4 is 43.5 Å². The lowest BCUT2D eigenvalue weighted by atomic mass is 10.1. The molecule has 0 spiro atoms. The Morgan fingerprint density at radius 2 is 1.48 bits per heavy atom. The molecule has 0 radical (unpaired) electrons. The number of para-hydroxylation sites is 1. The standard InChI is InChI=1S/C36H38BrN3O5S/c1-26-12-22-34(23-13-26)46(43,44)40(31-18-20-33(21-19-31)45-32-10-4-3-5-11-32)25-35(41)39(24-28-14-16-29(37)17-15-28)27(2)36(42)38-30-8-6-7-9-30/h3-5,10-23,27,30H,6-9,24-25H2,1-2H3,(H,38,42)/t27-/m1/s1. The molecular formula is C36H38BrN3O5S. The van der Waals surface area contributed by atoms with Gasteiger partial charge in [0.05, 0.1) is 10.6 Å². The van der Waals surface area contributed by atoms with Gasteiger partial charge in [-0.2, -0.15) is 0 Å². The first kappa shape index (κ1) is 33.2. The predicted molar refractivity (Wildman–Crippen MR) is 183 cm³/mol. The van der Waals surface area contributed by atoms with Crippen molar-refractivity contribution < 1.29 is 22.7 Å². The van der Waals surface area contributed by atoms with Gasteiger partial charge in [-0.25, -0.2) is 8.42 Å². The molecule has 1 aliphatic carbocycles. The Morgan fingerprint density at radius 1 is 0.870 bits per heavy atom. The fourth-order valence-corrected chi connectivity index (χ4v) is 7.11. The summed E-state index contributed by atoms with van der Waals surface area (Å²) in [5.74, 6) is 0.399. The molecule has 4 aromatic rings. The van der Waals surface area contributed by atoms with Crippen LogP contribution in [0.25, 0.3) is 0 Å². The number of nitrogens with zero attached hydrogens (tertiary/aromatic N) is 2. The minimum Gasteiger partial charge on any atom is -0.457 e. The number of ether oxygens (including phenoxy) is 1. The average Bonchev–Trinajstić information content (AvgIpc) is 3.57. The van der Waals surface area contributed by atoms with Crippen LogP contribution in [0, 0.1) is 6.92 Å². The Bertz CT molecular complexity index is 1730. The fraction of sp³-hybridized carbons (Fsp3) is 0.278. The summed E-state index contributed by atoms with van der Waals surface area (Å²) < 4.78 is 36.2. The van der Waals surface area contributed by atoms with E-state index in [2.05, 4.69) is 21.2 Å². The fourth-order valence-electron chi connectivity index (χ4n) is 5.43. The van der Waals surface area contributed by atoms with Gasteiger partial charge in [0.25, 0.3) is 10.0 Å². The molecule has 0 aliphatic heterocycles. The van der Waals surface area contributed by atoms with Crippen LogP contribution >= 0.6 is 15.9 Å². The smallest absolute Gasteiger partial charge is 0.264 e. The number of anilines is 1. The van der Waals surface area contributed by atoms with Crippen molar-refractivity contribution in [2.75, 3.05) is 10.8 Å². The Hall–Kier alpha value is -4.15. The number of benzene rings is 4. The van der Waals surface area contributed by atoms with E-state index in [4.69, 9.17) is 4.74 Å². The van der Waals surface area contributed by atoms with Crippen LogP contribution in [0.2, 0.25) is 0 Å². The number of hydrogen-bond acceptors (Lipinski definition) is 5. The molecule has 1 N–H and O–H groups in total. The molecular weight excluding hydrogens is 666 g/mol. The predicted octanol–water partition coefficient (Wildman–Crippen LogP) is 7.22. The van der Waals surface area contributed by atoms with Gasteiger partial charge < -0.3 is 15.0 Å². The van der Waals surface area contributed by atoms with Gasteiger partial charge in [0, 0.05) is 17.1 Å². The van der Waals surface area contributed by atoms with E-state index in [-0.39, 0.29) is 23.4 Å². The quantitative estimate of drug-likeness (QED) is 0.168. The zero-order valence-electron chi connectivity index (χ0n) is 25.9. The molecule has 1 aliphatic rings. The Kier molecular flexibility index (Phi) is 10.8. The van der Waals surface area contributed by atoms with Gasteiger partial charge in [0.2, 0.25) is 11.8 Å². The van der Waals surface area contributed by atoms with Gasteiger partial charge in [0.1, 0.15) is 24.1 Å². The second kappa shape index (κ2) is 15.0. The summed E-state index contributed by atoms with van der Waals surface area (Å²) in [5.41, 5.74) is 2.01. The lowest BCUT2D eigenvalue weighted by Gasteiger charge is -2.32. The van der Waals surface area contributed by atoms with Crippen LogP contribution in [-0.2, 0) is 26.2 Å². The van der Waals surface area contributed by atoms with Crippen molar-refractivity contribution in [3.05, 3.63) is 119 Å². The van der Waals surface area contributed by atoms with Gasteiger partial charge in [-0.05, 0) is 92.9 Å².